The summed E-state index contributed by atoms with van der Waals surface area (Å²) in [6.07, 6.45) is 1.57. The summed E-state index contributed by atoms with van der Waals surface area (Å²) in [5, 5.41) is 0.795. The number of nitrogens with zero attached hydrogens (tertiary/aromatic N) is 3. The van der Waals surface area contributed by atoms with Crippen molar-refractivity contribution in [2.45, 2.75) is 11.3 Å². The van der Waals surface area contributed by atoms with E-state index in [1.807, 2.05) is 35.2 Å². The molecule has 7 nitrogen and oxygen atoms in total. The fourth-order valence-corrected chi connectivity index (χ4v) is 5.46. The van der Waals surface area contributed by atoms with Crippen LogP contribution in [0.4, 0.5) is 5.13 Å². The number of amides is 1. The first-order chi connectivity index (χ1) is 14.3. The zero-order valence-electron chi connectivity index (χ0n) is 16.9. The summed E-state index contributed by atoms with van der Waals surface area (Å²) < 4.78 is 30.1. The van der Waals surface area contributed by atoms with Gasteiger partial charge in [-0.25, -0.2) is 13.4 Å². The standard InChI is InChI=1S/C21H23N3O4S2/c1-28-16-8-6-15(7-9-16)14-19(25)23-10-12-24(13-11-23)21-22-20-17(29-21)4-3-5-18(20)30(2,26)27/h3-9H,10-14H2,1-2H3. The van der Waals surface area contributed by atoms with E-state index < -0.39 is 9.84 Å². The second-order valence-corrected chi connectivity index (χ2v) is 10.3. The van der Waals surface area contributed by atoms with Gasteiger partial charge in [-0.3, -0.25) is 4.79 Å². The maximum atomic E-state index is 12.7. The molecule has 1 aromatic heterocycles. The maximum absolute atomic E-state index is 12.7. The maximum Gasteiger partial charge on any atom is 0.227 e. The number of fused-ring (bicyclic) bond motifs is 1. The van der Waals surface area contributed by atoms with Gasteiger partial charge >= 0.3 is 0 Å². The number of thiazole rings is 1. The highest BCUT2D eigenvalue weighted by Gasteiger charge is 2.24. The number of hydrogen-bond donors (Lipinski definition) is 0. The molecule has 0 atom stereocenters. The fourth-order valence-electron chi connectivity index (χ4n) is 3.52. The Bertz CT molecular complexity index is 1160. The first-order valence-electron chi connectivity index (χ1n) is 9.60. The van der Waals surface area contributed by atoms with E-state index >= 15 is 0 Å². The summed E-state index contributed by atoms with van der Waals surface area (Å²) in [4.78, 5) is 21.5. The van der Waals surface area contributed by atoms with Crippen LogP contribution >= 0.6 is 11.3 Å². The van der Waals surface area contributed by atoms with E-state index in [0.29, 0.717) is 38.1 Å². The number of para-hydroxylation sites is 1. The van der Waals surface area contributed by atoms with Crippen LogP contribution in [0.15, 0.2) is 47.4 Å². The van der Waals surface area contributed by atoms with E-state index in [1.165, 1.54) is 17.6 Å². The molecule has 0 unspecified atom stereocenters. The molecule has 3 aromatic rings. The van der Waals surface area contributed by atoms with E-state index in [0.717, 1.165) is 21.1 Å². The minimum absolute atomic E-state index is 0.100. The number of ether oxygens (including phenoxy) is 1. The lowest BCUT2D eigenvalue weighted by Gasteiger charge is -2.34. The van der Waals surface area contributed by atoms with Gasteiger partial charge in [-0.15, -0.1) is 0 Å². The predicted octanol–water partition coefficient (Wildman–Crippen LogP) is 2.60. The normalized spacial score (nSPS) is 14.9. The van der Waals surface area contributed by atoms with E-state index in [9.17, 15) is 13.2 Å². The number of piperazine rings is 1. The van der Waals surface area contributed by atoms with Crippen LogP contribution < -0.4 is 9.64 Å². The first kappa shape index (κ1) is 20.6. The fraction of sp³-hybridized carbons (Fsp3) is 0.333. The number of benzene rings is 2. The largest absolute Gasteiger partial charge is 0.497 e. The number of methoxy groups -OCH3 is 1. The lowest BCUT2D eigenvalue weighted by molar-refractivity contribution is -0.130. The molecule has 0 spiro atoms. The molecule has 30 heavy (non-hydrogen) atoms. The molecule has 1 aliphatic heterocycles. The molecule has 0 radical (unpaired) electrons. The summed E-state index contributed by atoms with van der Waals surface area (Å²) in [7, 11) is -1.72. The molecule has 0 bridgehead atoms. The highest BCUT2D eigenvalue weighted by molar-refractivity contribution is 7.91. The van der Waals surface area contributed by atoms with Crippen LogP contribution in [0, 0.1) is 0 Å². The molecular weight excluding hydrogens is 422 g/mol. The third-order valence-corrected chi connectivity index (χ3v) is 7.40. The van der Waals surface area contributed by atoms with Crippen LogP contribution in [-0.2, 0) is 21.1 Å². The lowest BCUT2D eigenvalue weighted by atomic mass is 10.1. The van der Waals surface area contributed by atoms with E-state index in [4.69, 9.17) is 4.74 Å². The SMILES string of the molecule is COc1ccc(CC(=O)N2CCN(c3nc4c(S(C)(=O)=O)cccc4s3)CC2)cc1. The number of aromatic nitrogens is 1. The monoisotopic (exact) mass is 445 g/mol. The quantitative estimate of drug-likeness (QED) is 0.601. The minimum Gasteiger partial charge on any atom is -0.497 e. The molecule has 9 heteroatoms. The second-order valence-electron chi connectivity index (χ2n) is 7.26. The Morgan fingerprint density at radius 3 is 2.43 bits per heavy atom. The summed E-state index contributed by atoms with van der Waals surface area (Å²) in [6.45, 7) is 2.57. The molecule has 158 valence electrons. The van der Waals surface area contributed by atoms with Crippen molar-refractivity contribution in [1.82, 2.24) is 9.88 Å². The second kappa shape index (κ2) is 8.23. The van der Waals surface area contributed by atoms with Crippen molar-refractivity contribution in [3.63, 3.8) is 0 Å². The average Bonchev–Trinajstić information content (AvgIpc) is 3.18. The van der Waals surface area contributed by atoms with Crippen molar-refractivity contribution in [2.24, 2.45) is 0 Å². The van der Waals surface area contributed by atoms with Gasteiger partial charge in [0.05, 0.1) is 23.1 Å². The smallest absolute Gasteiger partial charge is 0.227 e. The number of carbonyl (C=O) groups excluding carboxylic acids is 1. The van der Waals surface area contributed by atoms with E-state index in [-0.39, 0.29) is 10.8 Å². The molecule has 2 heterocycles. The summed E-state index contributed by atoms with van der Waals surface area (Å²) in [6, 6.07) is 12.8. The van der Waals surface area contributed by atoms with Crippen molar-refractivity contribution in [3.8, 4) is 5.75 Å². The van der Waals surface area contributed by atoms with Gasteiger partial charge in [0.25, 0.3) is 0 Å². The number of hydrogen-bond acceptors (Lipinski definition) is 7. The number of carbonyl (C=O) groups is 1. The lowest BCUT2D eigenvalue weighted by Crippen LogP contribution is -2.49. The highest BCUT2D eigenvalue weighted by Crippen LogP contribution is 2.33. The minimum atomic E-state index is -3.34. The summed E-state index contributed by atoms with van der Waals surface area (Å²) >= 11 is 1.48. The van der Waals surface area contributed by atoms with Gasteiger partial charge in [0, 0.05) is 32.4 Å². The number of anilines is 1. The van der Waals surface area contributed by atoms with Crippen molar-refractivity contribution in [2.75, 3.05) is 44.4 Å². The molecule has 1 amide bonds. The molecule has 0 aliphatic carbocycles. The predicted molar refractivity (Wildman–Crippen MR) is 118 cm³/mol. The van der Waals surface area contributed by atoms with Gasteiger partial charge in [-0.1, -0.05) is 29.5 Å². The van der Waals surface area contributed by atoms with Crippen LogP contribution in [0.5, 0.6) is 5.75 Å². The molecule has 1 saturated heterocycles. The van der Waals surface area contributed by atoms with Crippen molar-refractivity contribution < 1.29 is 17.9 Å². The van der Waals surface area contributed by atoms with Crippen LogP contribution in [0.2, 0.25) is 0 Å². The molecule has 2 aromatic carbocycles. The zero-order valence-corrected chi connectivity index (χ0v) is 18.5. The van der Waals surface area contributed by atoms with Gasteiger partial charge in [-0.05, 0) is 29.8 Å². The Kier molecular flexibility index (Phi) is 5.66. The van der Waals surface area contributed by atoms with Gasteiger partial charge in [0.2, 0.25) is 5.91 Å². The zero-order chi connectivity index (χ0) is 21.3. The van der Waals surface area contributed by atoms with Crippen LogP contribution in [0.25, 0.3) is 10.2 Å². The summed E-state index contributed by atoms with van der Waals surface area (Å²) in [5.41, 5.74) is 1.49. The van der Waals surface area contributed by atoms with Gasteiger partial charge < -0.3 is 14.5 Å². The molecule has 0 N–H and O–H groups in total. The van der Waals surface area contributed by atoms with Crippen molar-refractivity contribution in [3.05, 3.63) is 48.0 Å². The Balaban J connectivity index is 1.42. The third-order valence-electron chi connectivity index (χ3n) is 5.19. The Morgan fingerprint density at radius 2 is 1.80 bits per heavy atom. The topological polar surface area (TPSA) is 79.8 Å². The van der Waals surface area contributed by atoms with Crippen LogP contribution in [0.1, 0.15) is 5.56 Å². The molecule has 4 rings (SSSR count). The van der Waals surface area contributed by atoms with E-state index in [1.54, 1.807) is 19.2 Å². The van der Waals surface area contributed by atoms with Crippen molar-refractivity contribution in [1.29, 1.82) is 0 Å². The Hall–Kier alpha value is -2.65. The molecule has 1 aliphatic rings. The van der Waals surface area contributed by atoms with Crippen LogP contribution in [-0.4, -0.2) is 63.8 Å². The Labute approximate surface area is 179 Å². The average molecular weight is 446 g/mol. The number of rotatable bonds is 5. The first-order valence-corrected chi connectivity index (χ1v) is 12.3. The number of sulfone groups is 1. The van der Waals surface area contributed by atoms with Gasteiger partial charge in [0.15, 0.2) is 15.0 Å². The highest BCUT2D eigenvalue weighted by atomic mass is 32.2. The molecule has 1 fully saturated rings. The molecular formula is C21H23N3O4S2. The van der Waals surface area contributed by atoms with Gasteiger partial charge in [-0.2, -0.15) is 0 Å². The Morgan fingerprint density at radius 1 is 1.10 bits per heavy atom. The van der Waals surface area contributed by atoms with Gasteiger partial charge in [0.1, 0.15) is 11.3 Å². The van der Waals surface area contributed by atoms with E-state index in [2.05, 4.69) is 9.88 Å². The van der Waals surface area contributed by atoms with Crippen LogP contribution in [0.3, 0.4) is 0 Å². The van der Waals surface area contributed by atoms with Crippen molar-refractivity contribution >= 4 is 42.4 Å². The third kappa shape index (κ3) is 4.27. The summed E-state index contributed by atoms with van der Waals surface area (Å²) in [5.74, 6) is 0.873. The molecule has 0 saturated carbocycles.